The average Bonchev–Trinajstić information content (AvgIpc) is 2.96. The Labute approximate surface area is 100 Å². The van der Waals surface area contributed by atoms with Crippen molar-refractivity contribution in [2.45, 2.75) is 12.8 Å². The van der Waals surface area contributed by atoms with Crippen LogP contribution in [-0.2, 0) is 0 Å². The molecule has 3 nitrogen and oxygen atoms in total. The summed E-state index contributed by atoms with van der Waals surface area (Å²) in [5, 5.41) is 4.87. The van der Waals surface area contributed by atoms with Crippen LogP contribution in [0, 0.1) is 6.42 Å². The number of nitrogens with one attached hydrogen (secondary N) is 1. The molecule has 1 aliphatic rings. The summed E-state index contributed by atoms with van der Waals surface area (Å²) in [7, 11) is 0. The Balaban J connectivity index is 1.59. The fraction of sp³-hybridized carbons (Fsp3) is 0.500. The van der Waals surface area contributed by atoms with E-state index in [1.165, 1.54) is 24.3 Å². The maximum Gasteiger partial charge on any atom is 0.261 e. The molecule has 1 radical (unpaired) electrons. The summed E-state index contributed by atoms with van der Waals surface area (Å²) in [5.41, 5.74) is 0. The van der Waals surface area contributed by atoms with Gasteiger partial charge in [-0.05, 0) is 43.8 Å². The monoisotopic (exact) mass is 237 g/mol. The van der Waals surface area contributed by atoms with E-state index in [1.807, 2.05) is 17.5 Å². The normalized spacial score (nSPS) is 16.5. The van der Waals surface area contributed by atoms with Gasteiger partial charge in [0.25, 0.3) is 5.91 Å². The summed E-state index contributed by atoms with van der Waals surface area (Å²) < 4.78 is 0. The first-order chi connectivity index (χ1) is 7.86. The highest BCUT2D eigenvalue weighted by molar-refractivity contribution is 7.12. The number of hydrogen-bond donors (Lipinski definition) is 1. The van der Waals surface area contributed by atoms with Crippen LogP contribution in [-0.4, -0.2) is 37.0 Å². The summed E-state index contributed by atoms with van der Waals surface area (Å²) in [5.74, 6) is 0.0583. The van der Waals surface area contributed by atoms with Gasteiger partial charge in [-0.3, -0.25) is 4.79 Å². The van der Waals surface area contributed by atoms with Crippen LogP contribution in [0.4, 0.5) is 0 Å². The third-order valence-electron chi connectivity index (χ3n) is 2.72. The topological polar surface area (TPSA) is 32.3 Å². The maximum atomic E-state index is 11.6. The van der Waals surface area contributed by atoms with Gasteiger partial charge in [0.05, 0.1) is 4.88 Å². The van der Waals surface area contributed by atoms with Crippen molar-refractivity contribution in [3.05, 3.63) is 28.8 Å². The third-order valence-corrected chi connectivity index (χ3v) is 3.59. The SMILES string of the molecule is O=C(NCCCN1C[CH]CC1)c1cccs1. The lowest BCUT2D eigenvalue weighted by Gasteiger charge is -2.13. The number of amides is 1. The van der Waals surface area contributed by atoms with Crippen molar-refractivity contribution in [3.63, 3.8) is 0 Å². The molecule has 1 amide bonds. The predicted octanol–water partition coefficient (Wildman–Crippen LogP) is 1.78. The molecule has 0 spiro atoms. The van der Waals surface area contributed by atoms with E-state index in [4.69, 9.17) is 0 Å². The number of hydrogen-bond acceptors (Lipinski definition) is 3. The molecule has 1 aromatic heterocycles. The van der Waals surface area contributed by atoms with Gasteiger partial charge in [0.15, 0.2) is 0 Å². The van der Waals surface area contributed by atoms with Crippen LogP contribution < -0.4 is 5.32 Å². The molecular formula is C12H17N2OS. The first-order valence-electron chi connectivity index (χ1n) is 5.72. The zero-order valence-electron chi connectivity index (χ0n) is 9.32. The second-order valence-electron chi connectivity index (χ2n) is 3.96. The van der Waals surface area contributed by atoms with Gasteiger partial charge in [0, 0.05) is 13.1 Å². The summed E-state index contributed by atoms with van der Waals surface area (Å²) in [4.78, 5) is 14.8. The fourth-order valence-electron chi connectivity index (χ4n) is 1.84. The lowest BCUT2D eigenvalue weighted by molar-refractivity contribution is 0.0956. The van der Waals surface area contributed by atoms with Crippen LogP contribution in [0.5, 0.6) is 0 Å². The van der Waals surface area contributed by atoms with Crippen LogP contribution in [0.15, 0.2) is 17.5 Å². The van der Waals surface area contributed by atoms with Gasteiger partial charge in [-0.15, -0.1) is 11.3 Å². The van der Waals surface area contributed by atoms with Crippen molar-refractivity contribution in [3.8, 4) is 0 Å². The Morgan fingerprint density at radius 3 is 3.19 bits per heavy atom. The Hall–Kier alpha value is -0.870. The van der Waals surface area contributed by atoms with E-state index in [0.29, 0.717) is 0 Å². The van der Waals surface area contributed by atoms with Crippen molar-refractivity contribution in [2.75, 3.05) is 26.2 Å². The van der Waals surface area contributed by atoms with Gasteiger partial charge in [-0.1, -0.05) is 6.07 Å². The summed E-state index contributed by atoms with van der Waals surface area (Å²) in [6.07, 6.45) is 4.55. The van der Waals surface area contributed by atoms with Crippen molar-refractivity contribution in [1.29, 1.82) is 0 Å². The van der Waals surface area contributed by atoms with E-state index in [0.717, 1.165) is 30.9 Å². The van der Waals surface area contributed by atoms with Crippen LogP contribution >= 0.6 is 11.3 Å². The molecule has 16 heavy (non-hydrogen) atoms. The quantitative estimate of drug-likeness (QED) is 0.792. The number of rotatable bonds is 5. The second-order valence-corrected chi connectivity index (χ2v) is 4.91. The van der Waals surface area contributed by atoms with E-state index < -0.39 is 0 Å². The molecule has 0 saturated carbocycles. The van der Waals surface area contributed by atoms with E-state index >= 15 is 0 Å². The molecule has 1 aliphatic heterocycles. The molecule has 1 aromatic rings. The second kappa shape index (κ2) is 6.01. The van der Waals surface area contributed by atoms with Gasteiger partial charge in [-0.2, -0.15) is 0 Å². The minimum Gasteiger partial charge on any atom is -0.351 e. The number of thiophene rings is 1. The molecule has 0 atom stereocenters. The molecule has 1 saturated heterocycles. The van der Waals surface area contributed by atoms with Crippen molar-refractivity contribution in [1.82, 2.24) is 10.2 Å². The lowest BCUT2D eigenvalue weighted by Crippen LogP contribution is -2.28. The number of carbonyl (C=O) groups is 1. The highest BCUT2D eigenvalue weighted by atomic mass is 32.1. The summed E-state index contributed by atoms with van der Waals surface area (Å²) in [6, 6.07) is 3.76. The Morgan fingerprint density at radius 2 is 2.50 bits per heavy atom. The van der Waals surface area contributed by atoms with Gasteiger partial charge in [0.2, 0.25) is 0 Å². The molecule has 0 unspecified atom stereocenters. The van der Waals surface area contributed by atoms with Crippen molar-refractivity contribution in [2.24, 2.45) is 0 Å². The lowest BCUT2D eigenvalue weighted by atomic mass is 10.3. The van der Waals surface area contributed by atoms with Crippen molar-refractivity contribution < 1.29 is 4.79 Å². The van der Waals surface area contributed by atoms with E-state index in [-0.39, 0.29) is 5.91 Å². The first kappa shape index (κ1) is 11.6. The Bertz CT molecular complexity index is 318. The molecule has 2 heterocycles. The van der Waals surface area contributed by atoms with Gasteiger partial charge in [0.1, 0.15) is 0 Å². The Kier molecular flexibility index (Phi) is 4.36. The molecule has 0 aromatic carbocycles. The molecule has 4 heteroatoms. The average molecular weight is 237 g/mol. The van der Waals surface area contributed by atoms with Crippen LogP contribution in [0.1, 0.15) is 22.5 Å². The minimum absolute atomic E-state index is 0.0583. The van der Waals surface area contributed by atoms with Crippen LogP contribution in [0.25, 0.3) is 0 Å². The maximum absolute atomic E-state index is 11.6. The largest absolute Gasteiger partial charge is 0.351 e. The molecule has 87 valence electrons. The number of carbonyl (C=O) groups excluding carboxylic acids is 1. The van der Waals surface area contributed by atoms with Gasteiger partial charge >= 0.3 is 0 Å². The molecule has 1 N–H and O–H groups in total. The van der Waals surface area contributed by atoms with Gasteiger partial charge < -0.3 is 10.2 Å². The molecule has 2 rings (SSSR count). The standard InChI is InChI=1S/C12H17N2OS/c15-12(11-5-3-10-16-11)13-6-4-9-14-7-1-2-8-14/h1,3,5,10H,2,4,6-9H2,(H,13,15). The van der Waals surface area contributed by atoms with E-state index in [2.05, 4.69) is 16.6 Å². The number of nitrogens with zero attached hydrogens (tertiary/aromatic N) is 1. The van der Waals surface area contributed by atoms with Crippen LogP contribution in [0.3, 0.4) is 0 Å². The molecular weight excluding hydrogens is 220 g/mol. The first-order valence-corrected chi connectivity index (χ1v) is 6.60. The van der Waals surface area contributed by atoms with Crippen LogP contribution in [0.2, 0.25) is 0 Å². The molecule has 0 aliphatic carbocycles. The van der Waals surface area contributed by atoms with E-state index in [9.17, 15) is 4.79 Å². The highest BCUT2D eigenvalue weighted by Crippen LogP contribution is 2.08. The Morgan fingerprint density at radius 1 is 1.56 bits per heavy atom. The van der Waals surface area contributed by atoms with E-state index in [1.54, 1.807) is 0 Å². The minimum atomic E-state index is 0.0583. The summed E-state index contributed by atoms with van der Waals surface area (Å²) >= 11 is 1.49. The molecule has 1 fully saturated rings. The zero-order chi connectivity index (χ0) is 11.2. The zero-order valence-corrected chi connectivity index (χ0v) is 10.1. The molecule has 0 bridgehead atoms. The highest BCUT2D eigenvalue weighted by Gasteiger charge is 2.11. The van der Waals surface area contributed by atoms with Crippen molar-refractivity contribution >= 4 is 17.2 Å². The van der Waals surface area contributed by atoms with Gasteiger partial charge in [-0.25, -0.2) is 0 Å². The third kappa shape index (κ3) is 3.32. The fourth-order valence-corrected chi connectivity index (χ4v) is 2.48. The number of likely N-dealkylation sites (tertiary alicyclic amines) is 1. The smallest absolute Gasteiger partial charge is 0.261 e. The summed E-state index contributed by atoms with van der Waals surface area (Å²) in [6.45, 7) is 4.15. The predicted molar refractivity (Wildman–Crippen MR) is 66.6 cm³/mol.